The zero-order valence-electron chi connectivity index (χ0n) is 11.1. The van der Waals surface area contributed by atoms with Crippen LogP contribution in [0.15, 0.2) is 34.9 Å². The summed E-state index contributed by atoms with van der Waals surface area (Å²) in [5.41, 5.74) is 2.28. The third kappa shape index (κ3) is 1.97. The van der Waals surface area contributed by atoms with E-state index in [1.54, 1.807) is 0 Å². The van der Waals surface area contributed by atoms with Gasteiger partial charge in [0.25, 0.3) is 0 Å². The lowest BCUT2D eigenvalue weighted by Crippen LogP contribution is -2.38. The Kier molecular flexibility index (Phi) is 2.82. The summed E-state index contributed by atoms with van der Waals surface area (Å²) in [5, 5.41) is 4.99. The van der Waals surface area contributed by atoms with Crippen molar-refractivity contribution >= 4 is 11.0 Å². The van der Waals surface area contributed by atoms with Gasteiger partial charge in [-0.15, -0.1) is 0 Å². The van der Waals surface area contributed by atoms with Crippen molar-refractivity contribution in [2.24, 2.45) is 0 Å². The van der Waals surface area contributed by atoms with E-state index in [1.807, 2.05) is 18.4 Å². The highest BCUT2D eigenvalue weighted by Crippen LogP contribution is 2.28. The van der Waals surface area contributed by atoms with Crippen LogP contribution in [0.25, 0.3) is 11.0 Å². The Balaban J connectivity index is 1.47. The summed E-state index contributed by atoms with van der Waals surface area (Å²) in [7, 11) is 0. The van der Waals surface area contributed by atoms with Gasteiger partial charge >= 0.3 is 0 Å². The first-order valence-corrected chi connectivity index (χ1v) is 7.34. The highest BCUT2D eigenvalue weighted by atomic mass is 16.3. The van der Waals surface area contributed by atoms with Gasteiger partial charge in [-0.3, -0.25) is 4.90 Å². The Morgan fingerprint density at radius 2 is 2.16 bits per heavy atom. The van der Waals surface area contributed by atoms with Crippen LogP contribution in [0.1, 0.15) is 24.8 Å². The molecule has 3 nitrogen and oxygen atoms in total. The molecule has 100 valence electrons. The summed E-state index contributed by atoms with van der Waals surface area (Å²) >= 11 is 0. The molecule has 2 atom stereocenters. The molecule has 3 heterocycles. The van der Waals surface area contributed by atoms with Crippen LogP contribution in [0.5, 0.6) is 0 Å². The monoisotopic (exact) mass is 256 g/mol. The molecular weight excluding hydrogens is 236 g/mol. The number of benzene rings is 1. The first-order chi connectivity index (χ1) is 9.42. The summed E-state index contributed by atoms with van der Waals surface area (Å²) in [6, 6.07) is 9.72. The maximum atomic E-state index is 5.60. The van der Waals surface area contributed by atoms with E-state index in [0.717, 1.165) is 18.2 Å². The van der Waals surface area contributed by atoms with Gasteiger partial charge in [-0.2, -0.15) is 0 Å². The highest BCUT2D eigenvalue weighted by molar-refractivity contribution is 5.80. The molecule has 1 aromatic carbocycles. The second-order valence-electron chi connectivity index (χ2n) is 5.78. The van der Waals surface area contributed by atoms with Gasteiger partial charge < -0.3 is 9.73 Å². The van der Waals surface area contributed by atoms with Crippen molar-refractivity contribution in [3.63, 3.8) is 0 Å². The van der Waals surface area contributed by atoms with Gasteiger partial charge in [-0.25, -0.2) is 0 Å². The van der Waals surface area contributed by atoms with Crippen LogP contribution in [0, 0.1) is 0 Å². The topological polar surface area (TPSA) is 28.4 Å². The Morgan fingerprint density at radius 1 is 1.21 bits per heavy atom. The summed E-state index contributed by atoms with van der Waals surface area (Å²) in [6.45, 7) is 3.50. The number of hydrogen-bond acceptors (Lipinski definition) is 3. The minimum absolute atomic E-state index is 0.663. The lowest BCUT2D eigenvalue weighted by Gasteiger charge is -2.21. The van der Waals surface area contributed by atoms with E-state index in [-0.39, 0.29) is 0 Å². The normalized spacial score (nSPS) is 27.2. The van der Waals surface area contributed by atoms with E-state index < -0.39 is 0 Å². The fourth-order valence-electron chi connectivity index (χ4n) is 3.73. The standard InChI is InChI=1S/C16H20N2O/c1-2-6-16-13(4-1)12(11-19-16)10-17-14-7-9-18-8-3-5-15(14)18/h1-2,4,6,11,14-15,17H,3,5,7-10H2. The molecule has 2 aromatic rings. The van der Waals surface area contributed by atoms with Crippen LogP contribution in [0.2, 0.25) is 0 Å². The molecule has 2 aliphatic rings. The summed E-state index contributed by atoms with van der Waals surface area (Å²) < 4.78 is 5.60. The van der Waals surface area contributed by atoms with E-state index in [9.17, 15) is 0 Å². The van der Waals surface area contributed by atoms with E-state index in [2.05, 4.69) is 22.3 Å². The van der Waals surface area contributed by atoms with Crippen molar-refractivity contribution in [3.05, 3.63) is 36.1 Å². The smallest absolute Gasteiger partial charge is 0.134 e. The van der Waals surface area contributed by atoms with E-state index >= 15 is 0 Å². The third-order valence-corrected chi connectivity index (χ3v) is 4.72. The molecule has 3 heteroatoms. The summed E-state index contributed by atoms with van der Waals surface area (Å²) in [5.74, 6) is 0. The number of hydrogen-bond donors (Lipinski definition) is 1. The summed E-state index contributed by atoms with van der Waals surface area (Å²) in [4.78, 5) is 2.64. The first kappa shape index (κ1) is 11.5. The molecule has 0 aliphatic carbocycles. The fraction of sp³-hybridized carbons (Fsp3) is 0.500. The number of para-hydroxylation sites is 1. The van der Waals surface area contributed by atoms with Crippen molar-refractivity contribution in [1.29, 1.82) is 0 Å². The zero-order valence-corrected chi connectivity index (χ0v) is 11.1. The van der Waals surface area contributed by atoms with E-state index in [1.165, 1.54) is 43.3 Å². The molecule has 2 saturated heterocycles. The predicted octanol–water partition coefficient (Wildman–Crippen LogP) is 2.76. The quantitative estimate of drug-likeness (QED) is 0.915. The van der Waals surface area contributed by atoms with Gasteiger partial charge in [0.2, 0.25) is 0 Å². The molecule has 2 aliphatic heterocycles. The van der Waals surface area contributed by atoms with Gasteiger partial charge in [0.05, 0.1) is 6.26 Å². The van der Waals surface area contributed by atoms with Crippen LogP contribution in [-0.4, -0.2) is 30.1 Å². The molecule has 0 bridgehead atoms. The molecule has 0 radical (unpaired) electrons. The number of furan rings is 1. The van der Waals surface area contributed by atoms with Gasteiger partial charge in [0, 0.05) is 36.1 Å². The molecular formula is C16H20N2O. The van der Waals surface area contributed by atoms with Gasteiger partial charge in [-0.05, 0) is 31.9 Å². The minimum Gasteiger partial charge on any atom is -0.464 e. The summed E-state index contributed by atoms with van der Waals surface area (Å²) in [6.07, 6.45) is 5.93. The first-order valence-electron chi connectivity index (χ1n) is 7.34. The molecule has 0 amide bonds. The van der Waals surface area contributed by atoms with Crippen molar-refractivity contribution in [2.45, 2.75) is 37.9 Å². The van der Waals surface area contributed by atoms with Crippen LogP contribution >= 0.6 is 0 Å². The largest absolute Gasteiger partial charge is 0.464 e. The second-order valence-corrected chi connectivity index (χ2v) is 5.78. The van der Waals surface area contributed by atoms with Gasteiger partial charge in [0.1, 0.15) is 5.58 Å². The SMILES string of the molecule is c1ccc2c(CNC3CCN4CCCC34)coc2c1. The van der Waals surface area contributed by atoms with Gasteiger partial charge in [0.15, 0.2) is 0 Å². The Labute approximate surface area is 113 Å². The minimum atomic E-state index is 0.663. The second kappa shape index (κ2) is 4.66. The molecule has 19 heavy (non-hydrogen) atoms. The Hall–Kier alpha value is -1.32. The lowest BCUT2D eigenvalue weighted by atomic mass is 10.1. The average Bonchev–Trinajstić information content (AvgIpc) is 3.12. The number of fused-ring (bicyclic) bond motifs is 2. The third-order valence-electron chi connectivity index (χ3n) is 4.72. The van der Waals surface area contributed by atoms with Crippen LogP contribution in [0.3, 0.4) is 0 Å². The maximum Gasteiger partial charge on any atom is 0.134 e. The molecule has 1 aromatic heterocycles. The number of nitrogens with zero attached hydrogens (tertiary/aromatic N) is 1. The van der Waals surface area contributed by atoms with Crippen molar-refractivity contribution < 1.29 is 4.42 Å². The molecule has 2 unspecified atom stereocenters. The van der Waals surface area contributed by atoms with Crippen molar-refractivity contribution in [1.82, 2.24) is 10.2 Å². The van der Waals surface area contributed by atoms with Crippen LogP contribution in [-0.2, 0) is 6.54 Å². The predicted molar refractivity (Wildman–Crippen MR) is 76.1 cm³/mol. The highest BCUT2D eigenvalue weighted by Gasteiger charge is 2.36. The molecule has 0 saturated carbocycles. The Bertz CT molecular complexity index is 577. The van der Waals surface area contributed by atoms with E-state index in [0.29, 0.717) is 6.04 Å². The van der Waals surface area contributed by atoms with Crippen LogP contribution < -0.4 is 5.32 Å². The molecule has 2 fully saturated rings. The number of rotatable bonds is 3. The van der Waals surface area contributed by atoms with Crippen molar-refractivity contribution in [2.75, 3.05) is 13.1 Å². The molecule has 1 N–H and O–H groups in total. The van der Waals surface area contributed by atoms with Gasteiger partial charge in [-0.1, -0.05) is 18.2 Å². The maximum absolute atomic E-state index is 5.60. The van der Waals surface area contributed by atoms with Crippen LogP contribution in [0.4, 0.5) is 0 Å². The Morgan fingerprint density at radius 3 is 3.16 bits per heavy atom. The zero-order chi connectivity index (χ0) is 12.7. The van der Waals surface area contributed by atoms with E-state index in [4.69, 9.17) is 4.42 Å². The average molecular weight is 256 g/mol. The fourth-order valence-corrected chi connectivity index (χ4v) is 3.73. The molecule has 4 rings (SSSR count). The van der Waals surface area contributed by atoms with Crippen molar-refractivity contribution in [3.8, 4) is 0 Å². The number of nitrogens with one attached hydrogen (secondary N) is 1. The molecule has 0 spiro atoms. The lowest BCUT2D eigenvalue weighted by molar-refractivity contribution is 0.298.